The number of nitrogens with zero attached hydrogens (tertiary/aromatic N) is 1. The minimum Gasteiger partial charge on any atom is -0.286 e. The maximum absolute atomic E-state index is 2.08. The number of rotatable bonds is 0. The van der Waals surface area contributed by atoms with Crippen LogP contribution in [0.2, 0.25) is 0 Å². The van der Waals surface area contributed by atoms with E-state index in [1.54, 1.807) is 0 Å². The van der Waals surface area contributed by atoms with Crippen molar-refractivity contribution in [3.8, 4) is 0 Å². The van der Waals surface area contributed by atoms with E-state index in [9.17, 15) is 0 Å². The van der Waals surface area contributed by atoms with Crippen molar-refractivity contribution in [1.29, 1.82) is 0 Å². The summed E-state index contributed by atoms with van der Waals surface area (Å²) < 4.78 is 0. The molecule has 0 aromatic heterocycles. The van der Waals surface area contributed by atoms with E-state index in [0.717, 1.165) is 0 Å². The molecule has 0 saturated carbocycles. The van der Waals surface area contributed by atoms with E-state index in [-0.39, 0.29) is 27.3 Å². The normalized spacial score (nSPS) is 28.0. The van der Waals surface area contributed by atoms with Gasteiger partial charge in [-0.2, -0.15) is 0 Å². The van der Waals surface area contributed by atoms with E-state index in [1.807, 2.05) is 25.9 Å². The summed E-state index contributed by atoms with van der Waals surface area (Å²) in [5.74, 6) is 0. The Morgan fingerprint density at radius 1 is 1.00 bits per heavy atom. The van der Waals surface area contributed by atoms with Crippen LogP contribution in [-0.4, -0.2) is 32.2 Å². The van der Waals surface area contributed by atoms with Gasteiger partial charge >= 0.3 is 27.3 Å². The number of hydrogen-bond donors (Lipinski definition) is 0. The zero-order valence-corrected chi connectivity index (χ0v) is 9.48. The van der Waals surface area contributed by atoms with Crippen LogP contribution in [0.3, 0.4) is 0 Å². The molecule has 2 aliphatic heterocycles. The van der Waals surface area contributed by atoms with Crippen LogP contribution in [0.1, 0.15) is 0 Å². The Balaban J connectivity index is 0.000000405. The zero-order chi connectivity index (χ0) is 5.40. The van der Waals surface area contributed by atoms with Gasteiger partial charge in [0.25, 0.3) is 0 Å². The first-order valence-electron chi connectivity index (χ1n) is 2.65. The van der Waals surface area contributed by atoms with Crippen molar-refractivity contribution in [3.05, 3.63) is 44.8 Å². The van der Waals surface area contributed by atoms with Crippen molar-refractivity contribution in [2.75, 3.05) is 0 Å². The molecule has 2 saturated heterocycles. The molecule has 0 aliphatic carbocycles. The molecular formula is C7H6NTl+. The van der Waals surface area contributed by atoms with Crippen molar-refractivity contribution in [2.45, 2.75) is 0 Å². The quantitative estimate of drug-likeness (QED) is 0.593. The maximum Gasteiger partial charge on any atom is 1.00 e. The van der Waals surface area contributed by atoms with E-state index >= 15 is 0 Å². The van der Waals surface area contributed by atoms with Gasteiger partial charge in [-0.1, -0.05) is 0 Å². The largest absolute Gasteiger partial charge is 1.00 e. The monoisotopic (exact) mass is 309 g/mol. The van der Waals surface area contributed by atoms with E-state index in [1.165, 1.54) is 6.04 Å². The molecule has 9 heavy (non-hydrogen) atoms. The molecule has 0 spiro atoms. The van der Waals surface area contributed by atoms with Gasteiger partial charge in [-0.05, 0) is 25.7 Å². The molecule has 2 rings (SSSR count). The molecular weight excluding hydrogens is 302 g/mol. The van der Waals surface area contributed by atoms with Crippen molar-refractivity contribution in [3.63, 3.8) is 0 Å². The molecule has 1 nitrogen and oxygen atoms in total. The van der Waals surface area contributed by atoms with Gasteiger partial charge in [-0.15, -0.1) is 0 Å². The standard InChI is InChI=1S/C7H6N.Tl/c1-3-7-4-2-6-8(7)5-1;/h1-6H;/q;+1. The second-order valence-electron chi connectivity index (χ2n) is 1.85. The molecule has 2 heterocycles. The Labute approximate surface area is 77.0 Å². The minimum absolute atomic E-state index is 0. The third kappa shape index (κ3) is 1.48. The summed E-state index contributed by atoms with van der Waals surface area (Å²) in [6.07, 6.45) is 8.24. The van der Waals surface area contributed by atoms with Gasteiger partial charge in [0.15, 0.2) is 0 Å². The summed E-state index contributed by atoms with van der Waals surface area (Å²) in [5, 5.41) is 0. The molecule has 0 amide bonds. The van der Waals surface area contributed by atoms with Crippen molar-refractivity contribution in [1.82, 2.24) is 4.90 Å². The molecule has 0 unspecified atom stereocenters. The molecule has 0 bridgehead atoms. The molecule has 0 N–H and O–H groups in total. The van der Waals surface area contributed by atoms with Crippen LogP contribution in [0.25, 0.3) is 0 Å². The molecule has 41 valence electrons. The Hall–Kier alpha value is 0.882. The summed E-state index contributed by atoms with van der Waals surface area (Å²) in [5.41, 5.74) is 0. The van der Waals surface area contributed by atoms with Crippen LogP contribution in [0.5, 0.6) is 0 Å². The topological polar surface area (TPSA) is 3.24 Å². The molecule has 2 heteroatoms. The summed E-state index contributed by atoms with van der Waals surface area (Å²) in [6, 6.07) is 1.27. The first-order valence-corrected chi connectivity index (χ1v) is 2.65. The van der Waals surface area contributed by atoms with Gasteiger partial charge in [-0.3, -0.25) is 4.90 Å². The van der Waals surface area contributed by atoms with Gasteiger partial charge < -0.3 is 0 Å². The van der Waals surface area contributed by atoms with Gasteiger partial charge in [0, 0.05) is 19.1 Å². The maximum atomic E-state index is 2.08. The predicted molar refractivity (Wildman–Crippen MR) is 36.6 cm³/mol. The fourth-order valence-corrected chi connectivity index (χ4v) is 0.918. The number of fused-ring (bicyclic) bond motifs is 1. The van der Waals surface area contributed by atoms with Crippen molar-refractivity contribution >= 4 is 27.3 Å². The molecule has 0 aromatic carbocycles. The smallest absolute Gasteiger partial charge is 0.286 e. The van der Waals surface area contributed by atoms with Crippen LogP contribution < -0.4 is 0 Å². The average molecular weight is 309 g/mol. The van der Waals surface area contributed by atoms with E-state index < -0.39 is 0 Å². The number of hydrogen-bond acceptors (Lipinski definition) is 1. The van der Waals surface area contributed by atoms with Crippen LogP contribution in [-0.2, 0) is 0 Å². The molecule has 2 aliphatic rings. The summed E-state index contributed by atoms with van der Waals surface area (Å²) in [6.45, 7) is 4.07. The SMILES string of the molecule is [CH]1[CH][C]2[CH][CH][CH]N2[CH]1.[Tl+]. The van der Waals surface area contributed by atoms with Crippen molar-refractivity contribution in [2.24, 2.45) is 0 Å². The van der Waals surface area contributed by atoms with Crippen LogP contribution in [0.4, 0.5) is 0 Å². The Bertz CT molecular complexity index is 74.9. The van der Waals surface area contributed by atoms with E-state index in [0.29, 0.717) is 0 Å². The zero-order valence-electron chi connectivity index (χ0n) is 4.99. The van der Waals surface area contributed by atoms with Gasteiger partial charge in [0.2, 0.25) is 0 Å². The Morgan fingerprint density at radius 3 is 2.00 bits per heavy atom. The molecule has 2 fully saturated rings. The first-order chi connectivity index (χ1) is 3.97. The average Bonchev–Trinajstić information content (AvgIpc) is 2.15. The van der Waals surface area contributed by atoms with Gasteiger partial charge in [0.1, 0.15) is 0 Å². The molecule has 0 aromatic rings. The first kappa shape index (κ1) is 7.98. The van der Waals surface area contributed by atoms with Crippen molar-refractivity contribution < 1.29 is 0 Å². The minimum atomic E-state index is 0. The predicted octanol–water partition coefficient (Wildman–Crippen LogP) is 0.608. The second-order valence-corrected chi connectivity index (χ2v) is 1.85. The summed E-state index contributed by atoms with van der Waals surface area (Å²) >= 11 is 0. The fraction of sp³-hybridized carbons (Fsp3) is 0. The summed E-state index contributed by atoms with van der Waals surface area (Å²) in [7, 11) is 0. The van der Waals surface area contributed by atoms with Crippen LogP contribution >= 0.6 is 0 Å². The fourth-order valence-electron chi connectivity index (χ4n) is 0.918. The molecule has 7 radical (unpaired) electrons. The second kappa shape index (κ2) is 3.33. The third-order valence-corrected chi connectivity index (χ3v) is 1.33. The Morgan fingerprint density at radius 2 is 1.56 bits per heavy atom. The van der Waals surface area contributed by atoms with Gasteiger partial charge in [0.05, 0.1) is 0 Å². The molecule has 0 atom stereocenters. The van der Waals surface area contributed by atoms with Gasteiger partial charge in [-0.25, -0.2) is 0 Å². The Kier molecular flexibility index (Phi) is 2.95. The van der Waals surface area contributed by atoms with Crippen LogP contribution in [0.15, 0.2) is 0 Å². The van der Waals surface area contributed by atoms with E-state index in [2.05, 4.69) is 17.7 Å². The summed E-state index contributed by atoms with van der Waals surface area (Å²) in [4.78, 5) is 2.08. The van der Waals surface area contributed by atoms with E-state index in [4.69, 9.17) is 0 Å². The third-order valence-electron chi connectivity index (χ3n) is 1.33. The van der Waals surface area contributed by atoms with Crippen LogP contribution in [0, 0.1) is 44.8 Å².